The summed E-state index contributed by atoms with van der Waals surface area (Å²) in [4.78, 5) is 10.5. The Morgan fingerprint density at radius 2 is 2.33 bits per heavy atom. The Bertz CT molecular complexity index is 147. The number of amides is 1. The van der Waals surface area contributed by atoms with E-state index in [9.17, 15) is 4.79 Å². The van der Waals surface area contributed by atoms with Gasteiger partial charge in [-0.2, -0.15) is 0 Å². The van der Waals surface area contributed by atoms with Gasteiger partial charge in [0.25, 0.3) is 0 Å². The first kappa shape index (κ1) is 5.23. The van der Waals surface area contributed by atoms with Crippen molar-refractivity contribution in [1.29, 1.82) is 0 Å². The molecule has 1 heterocycles. The van der Waals surface area contributed by atoms with Crippen molar-refractivity contribution in [1.82, 2.24) is 5.32 Å². The number of nitrogens with one attached hydrogen (secondary N) is 1. The second kappa shape index (κ2) is 1.48. The zero-order valence-corrected chi connectivity index (χ0v) is 5.13. The number of hydrogen-bond donors (Lipinski definition) is 2. The third-order valence-corrected chi connectivity index (χ3v) is 2.22. The molecule has 3 nitrogen and oxygen atoms in total. The summed E-state index contributed by atoms with van der Waals surface area (Å²) >= 11 is 0. The summed E-state index contributed by atoms with van der Waals surface area (Å²) in [6.45, 7) is 0. The normalized spacial score (nSPS) is 46.4. The number of primary amides is 1. The second-order valence-corrected chi connectivity index (χ2v) is 2.96. The van der Waals surface area contributed by atoms with E-state index in [-0.39, 0.29) is 11.9 Å². The van der Waals surface area contributed by atoms with Crippen LogP contribution in [0.3, 0.4) is 0 Å². The Balaban J connectivity index is 1.97. The van der Waals surface area contributed by atoms with Crippen LogP contribution in [0.1, 0.15) is 12.8 Å². The molecular weight excluding hydrogens is 116 g/mol. The van der Waals surface area contributed by atoms with E-state index < -0.39 is 0 Å². The van der Waals surface area contributed by atoms with Crippen LogP contribution in [0.15, 0.2) is 0 Å². The first-order chi connectivity index (χ1) is 4.27. The van der Waals surface area contributed by atoms with Gasteiger partial charge in [0.05, 0.1) is 6.04 Å². The Labute approximate surface area is 53.6 Å². The molecule has 2 rings (SSSR count). The summed E-state index contributed by atoms with van der Waals surface area (Å²) in [5.74, 6) is 0.574. The van der Waals surface area contributed by atoms with Gasteiger partial charge in [-0.1, -0.05) is 0 Å². The van der Waals surface area contributed by atoms with Crippen molar-refractivity contribution < 1.29 is 4.79 Å². The molecule has 0 aromatic rings. The molecule has 0 radical (unpaired) electrons. The van der Waals surface area contributed by atoms with Gasteiger partial charge in [0.15, 0.2) is 0 Å². The van der Waals surface area contributed by atoms with Crippen LogP contribution >= 0.6 is 0 Å². The maximum absolute atomic E-state index is 10.5. The van der Waals surface area contributed by atoms with Gasteiger partial charge in [0, 0.05) is 6.04 Å². The van der Waals surface area contributed by atoms with Crippen molar-refractivity contribution in [3.8, 4) is 0 Å². The van der Waals surface area contributed by atoms with E-state index in [1.54, 1.807) is 0 Å². The lowest BCUT2D eigenvalue weighted by molar-refractivity contribution is -0.119. The summed E-state index contributed by atoms with van der Waals surface area (Å²) in [5.41, 5.74) is 5.08. The van der Waals surface area contributed by atoms with Crippen molar-refractivity contribution in [2.24, 2.45) is 11.7 Å². The van der Waals surface area contributed by atoms with Crippen LogP contribution < -0.4 is 11.1 Å². The second-order valence-electron chi connectivity index (χ2n) is 2.96. The fourth-order valence-electron chi connectivity index (χ4n) is 1.54. The van der Waals surface area contributed by atoms with E-state index in [4.69, 9.17) is 5.73 Å². The van der Waals surface area contributed by atoms with E-state index in [1.807, 2.05) is 0 Å². The first-order valence-electron chi connectivity index (χ1n) is 3.33. The van der Waals surface area contributed by atoms with Gasteiger partial charge >= 0.3 is 0 Å². The number of nitrogens with two attached hydrogens (primary N) is 1. The molecule has 3 N–H and O–H groups in total. The van der Waals surface area contributed by atoms with E-state index in [2.05, 4.69) is 5.32 Å². The summed E-state index contributed by atoms with van der Waals surface area (Å²) in [7, 11) is 0. The molecule has 50 valence electrons. The van der Waals surface area contributed by atoms with Crippen molar-refractivity contribution >= 4 is 5.91 Å². The molecule has 0 unspecified atom stereocenters. The molecule has 3 atom stereocenters. The first-order valence-corrected chi connectivity index (χ1v) is 3.33. The predicted molar refractivity (Wildman–Crippen MR) is 32.6 cm³/mol. The summed E-state index contributed by atoms with van der Waals surface area (Å²) in [6, 6.07) is 0.608. The summed E-state index contributed by atoms with van der Waals surface area (Å²) in [6.07, 6.45) is 2.23. The molecule has 9 heavy (non-hydrogen) atoms. The van der Waals surface area contributed by atoms with Gasteiger partial charge < -0.3 is 11.1 Å². The lowest BCUT2D eigenvalue weighted by atomic mass is 10.2. The lowest BCUT2D eigenvalue weighted by Crippen LogP contribution is -2.38. The Hall–Kier alpha value is -0.570. The van der Waals surface area contributed by atoms with Crippen molar-refractivity contribution in [2.75, 3.05) is 0 Å². The predicted octanol–water partition coefficient (Wildman–Crippen LogP) is -0.778. The molecule has 0 spiro atoms. The van der Waals surface area contributed by atoms with Crippen LogP contribution in [0.5, 0.6) is 0 Å². The van der Waals surface area contributed by atoms with E-state index in [0.29, 0.717) is 6.04 Å². The van der Waals surface area contributed by atoms with E-state index in [1.165, 1.54) is 6.42 Å². The highest BCUT2D eigenvalue weighted by Gasteiger charge is 2.47. The highest BCUT2D eigenvalue weighted by Crippen LogP contribution is 2.40. The molecular formula is C6H10N2O. The molecule has 0 aromatic heterocycles. The number of carbonyl (C=O) groups is 1. The molecule has 2 fully saturated rings. The van der Waals surface area contributed by atoms with Gasteiger partial charge in [-0.3, -0.25) is 4.79 Å². The zero-order chi connectivity index (χ0) is 6.43. The van der Waals surface area contributed by atoms with Gasteiger partial charge in [-0.05, 0) is 18.8 Å². The molecule has 1 amide bonds. The standard InChI is InChI=1S/C6H10N2O/c7-6(9)5-2-3-1-4(3)8-5/h3-5,8H,1-2H2,(H2,7,9)/t3-,4-,5+/m0/s1. The van der Waals surface area contributed by atoms with E-state index in [0.717, 1.165) is 12.3 Å². The number of fused-ring (bicyclic) bond motifs is 1. The van der Waals surface area contributed by atoms with E-state index >= 15 is 0 Å². The lowest BCUT2D eigenvalue weighted by Gasteiger charge is -2.06. The van der Waals surface area contributed by atoms with Crippen LogP contribution in [-0.4, -0.2) is 18.0 Å². The molecule has 0 aromatic carbocycles. The maximum atomic E-state index is 10.5. The molecule has 0 bridgehead atoms. The van der Waals surface area contributed by atoms with Gasteiger partial charge in [-0.25, -0.2) is 0 Å². The third-order valence-electron chi connectivity index (χ3n) is 2.22. The van der Waals surface area contributed by atoms with Crippen molar-refractivity contribution in [3.63, 3.8) is 0 Å². The molecule has 1 aliphatic heterocycles. The number of piperidine rings is 1. The van der Waals surface area contributed by atoms with Crippen molar-refractivity contribution in [3.05, 3.63) is 0 Å². The largest absolute Gasteiger partial charge is 0.368 e. The number of carbonyl (C=O) groups excluding carboxylic acids is 1. The van der Waals surface area contributed by atoms with Crippen LogP contribution in [0.2, 0.25) is 0 Å². The number of hydrogen-bond acceptors (Lipinski definition) is 2. The molecule has 1 saturated heterocycles. The van der Waals surface area contributed by atoms with Crippen LogP contribution in [0.4, 0.5) is 0 Å². The Morgan fingerprint density at radius 1 is 1.56 bits per heavy atom. The molecule has 3 heteroatoms. The SMILES string of the molecule is NC(=O)[C@H]1C[C@@H]2C[C@@H]2N1. The fraction of sp³-hybridized carbons (Fsp3) is 0.833. The average Bonchev–Trinajstić information content (AvgIpc) is 2.40. The zero-order valence-electron chi connectivity index (χ0n) is 5.13. The maximum Gasteiger partial charge on any atom is 0.234 e. The van der Waals surface area contributed by atoms with Gasteiger partial charge in [-0.15, -0.1) is 0 Å². The minimum atomic E-state index is -0.192. The third kappa shape index (κ3) is 0.721. The summed E-state index contributed by atoms with van der Waals surface area (Å²) in [5, 5.41) is 3.15. The quantitative estimate of drug-likeness (QED) is 0.484. The highest BCUT2D eigenvalue weighted by atomic mass is 16.1. The Kier molecular flexibility index (Phi) is 0.858. The van der Waals surface area contributed by atoms with Gasteiger partial charge in [0.1, 0.15) is 0 Å². The smallest absolute Gasteiger partial charge is 0.234 e. The van der Waals surface area contributed by atoms with Crippen LogP contribution in [-0.2, 0) is 4.79 Å². The van der Waals surface area contributed by atoms with Crippen LogP contribution in [0.25, 0.3) is 0 Å². The topological polar surface area (TPSA) is 55.1 Å². The monoisotopic (exact) mass is 126 g/mol. The molecule has 1 aliphatic carbocycles. The minimum absolute atomic E-state index is 0.0197. The van der Waals surface area contributed by atoms with Crippen molar-refractivity contribution in [2.45, 2.75) is 24.9 Å². The molecule has 1 saturated carbocycles. The van der Waals surface area contributed by atoms with Gasteiger partial charge in [0.2, 0.25) is 5.91 Å². The number of rotatable bonds is 1. The molecule has 2 aliphatic rings. The van der Waals surface area contributed by atoms with Crippen LogP contribution in [0, 0.1) is 5.92 Å². The average molecular weight is 126 g/mol. The Morgan fingerprint density at radius 3 is 2.67 bits per heavy atom. The summed E-state index contributed by atoms with van der Waals surface area (Å²) < 4.78 is 0. The fourth-order valence-corrected chi connectivity index (χ4v) is 1.54. The minimum Gasteiger partial charge on any atom is -0.368 e. The highest BCUT2D eigenvalue weighted by molar-refractivity contribution is 5.80.